The van der Waals surface area contributed by atoms with E-state index in [4.69, 9.17) is 11.7 Å². The van der Waals surface area contributed by atoms with Crippen LogP contribution in [-0.4, -0.2) is 19.0 Å². The molecule has 3 aliphatic rings. The van der Waals surface area contributed by atoms with Crippen LogP contribution in [0.15, 0.2) is 22.3 Å². The van der Waals surface area contributed by atoms with Crippen LogP contribution in [0.25, 0.3) is 0 Å². The Balaban J connectivity index is 0.00000100. The zero-order chi connectivity index (χ0) is 17.7. The summed E-state index contributed by atoms with van der Waals surface area (Å²) < 4.78 is 11.3. The summed E-state index contributed by atoms with van der Waals surface area (Å²) in [5, 5.41) is 8.25. The van der Waals surface area contributed by atoms with Crippen molar-refractivity contribution in [2.75, 3.05) is 7.11 Å². The van der Waals surface area contributed by atoms with Gasteiger partial charge in [-0.15, -0.1) is 0 Å². The zero-order valence-corrected chi connectivity index (χ0v) is 16.3. The molecular weight excluding hydrogens is 344 g/mol. The van der Waals surface area contributed by atoms with Gasteiger partial charge >= 0.3 is 139 Å². The Kier molecular flexibility index (Phi) is 7.26. The van der Waals surface area contributed by atoms with Crippen molar-refractivity contribution < 1.29 is 40.0 Å². The van der Waals surface area contributed by atoms with Crippen molar-refractivity contribution in [2.24, 2.45) is 0 Å². The molecule has 24 heavy (non-hydrogen) atoms. The first-order chi connectivity index (χ1) is 11.6. The maximum Gasteiger partial charge on any atom is -0.153 e. The second-order valence-corrected chi connectivity index (χ2v) is 8.90. The molecule has 0 aromatic heterocycles. The van der Waals surface area contributed by atoms with E-state index in [0.29, 0.717) is 0 Å². The minimum absolute atomic E-state index is 0.137. The van der Waals surface area contributed by atoms with Crippen LogP contribution in [0.4, 0.5) is 0 Å². The average Bonchev–Trinajstić information content (AvgIpc) is 2.90. The summed E-state index contributed by atoms with van der Waals surface area (Å²) in [6.45, 7) is 2.83. The molecule has 3 rings (SSSR count). The third-order valence-electron chi connectivity index (χ3n) is 4.81. The van der Waals surface area contributed by atoms with E-state index in [1.165, 1.54) is 61.8 Å². The molecule has 0 amide bonds. The van der Waals surface area contributed by atoms with Gasteiger partial charge in [0.05, 0.1) is 0 Å². The molecule has 0 saturated carbocycles. The van der Waals surface area contributed by atoms with E-state index in [2.05, 4.69) is 0 Å². The molecule has 0 unspecified atom stereocenters. The summed E-state index contributed by atoms with van der Waals surface area (Å²) in [7, 11) is 0.750. The predicted molar refractivity (Wildman–Crippen MR) is 84.2 cm³/mol. The van der Waals surface area contributed by atoms with E-state index in [1.807, 2.05) is 0 Å². The summed E-state index contributed by atoms with van der Waals surface area (Å²) in [6.07, 6.45) is 9.34. The molecule has 0 aliphatic heterocycles. The number of rotatable bonds is 3. The van der Waals surface area contributed by atoms with Crippen molar-refractivity contribution in [2.45, 2.75) is 69.4 Å². The summed E-state index contributed by atoms with van der Waals surface area (Å²) in [4.78, 5) is 23.0. The second-order valence-electron chi connectivity index (χ2n) is 6.36. The molecule has 0 radical (unpaired) electrons. The van der Waals surface area contributed by atoms with E-state index in [1.54, 1.807) is 0 Å². The monoisotopic (exact) mass is 370 g/mol. The Hall–Kier alpha value is -0.906. The third kappa shape index (κ3) is 4.19. The van der Waals surface area contributed by atoms with Gasteiger partial charge in [0.1, 0.15) is 0 Å². The van der Waals surface area contributed by atoms with E-state index in [0.717, 1.165) is 32.8 Å². The van der Waals surface area contributed by atoms with Gasteiger partial charge in [0.15, 0.2) is 0 Å². The van der Waals surface area contributed by atoms with Gasteiger partial charge in [0, 0.05) is 0 Å². The molecule has 0 heterocycles. The Bertz CT molecular complexity index is 516. The minimum atomic E-state index is -2.73. The van der Waals surface area contributed by atoms with Gasteiger partial charge in [0.2, 0.25) is 0 Å². The van der Waals surface area contributed by atoms with Crippen LogP contribution in [0.1, 0.15) is 65.2 Å². The SMILES string of the molecule is CC(=O)[O][Ti+]([O]C(C)=O)[CH]1C2=C(CCCC2)C2=C1CCCC2.C[O-]. The maximum atomic E-state index is 11.5. The summed E-state index contributed by atoms with van der Waals surface area (Å²) in [5.41, 5.74) is 5.93. The molecule has 3 aliphatic carbocycles. The molecule has 0 N–H and O–H groups in total. The van der Waals surface area contributed by atoms with Gasteiger partial charge in [-0.1, -0.05) is 0 Å². The number of carbonyl (C=O) groups is 2. The second kappa shape index (κ2) is 8.98. The molecular formula is C18H26O5Ti. The fourth-order valence-electron chi connectivity index (χ4n) is 4.10. The van der Waals surface area contributed by atoms with Crippen LogP contribution in [0.3, 0.4) is 0 Å². The molecule has 0 spiro atoms. The summed E-state index contributed by atoms with van der Waals surface area (Å²) >= 11 is -2.73. The van der Waals surface area contributed by atoms with Crippen molar-refractivity contribution >= 4 is 11.9 Å². The van der Waals surface area contributed by atoms with E-state index in [-0.39, 0.29) is 16.2 Å². The van der Waals surface area contributed by atoms with Gasteiger partial charge in [0.25, 0.3) is 0 Å². The molecule has 5 nitrogen and oxygen atoms in total. The van der Waals surface area contributed by atoms with Crippen LogP contribution in [0, 0.1) is 0 Å². The first-order valence-electron chi connectivity index (χ1n) is 8.66. The normalized spacial score (nSPS) is 19.8. The smallest absolute Gasteiger partial charge is 0.153 e. The fourth-order valence-corrected chi connectivity index (χ4v) is 7.30. The summed E-state index contributed by atoms with van der Waals surface area (Å²) in [6, 6.07) is 0. The van der Waals surface area contributed by atoms with Gasteiger partial charge in [-0.3, -0.25) is 0 Å². The van der Waals surface area contributed by atoms with Crippen LogP contribution in [-0.2, 0) is 34.9 Å². The Morgan fingerprint density at radius 3 is 1.58 bits per heavy atom. The Morgan fingerprint density at radius 1 is 0.833 bits per heavy atom. The largest absolute Gasteiger partial charge is 0.857 e. The van der Waals surface area contributed by atoms with Crippen LogP contribution in [0.2, 0.25) is 4.22 Å². The van der Waals surface area contributed by atoms with Gasteiger partial charge in [-0.25, -0.2) is 0 Å². The topological polar surface area (TPSA) is 75.7 Å². The van der Waals surface area contributed by atoms with Gasteiger partial charge in [-0.2, -0.15) is 7.11 Å². The molecule has 0 aromatic carbocycles. The number of hydrogen-bond acceptors (Lipinski definition) is 5. The van der Waals surface area contributed by atoms with Crippen molar-refractivity contribution in [1.82, 2.24) is 0 Å². The number of allylic oxidation sites excluding steroid dienone is 4. The molecule has 0 bridgehead atoms. The molecule has 6 heteroatoms. The zero-order valence-electron chi connectivity index (χ0n) is 14.8. The fraction of sp³-hybridized carbons (Fsp3) is 0.667. The number of fused-ring (bicyclic) bond motifs is 1. The van der Waals surface area contributed by atoms with E-state index in [9.17, 15) is 9.59 Å². The van der Waals surface area contributed by atoms with Gasteiger partial charge in [-0.05, 0) is 0 Å². The number of carbonyl (C=O) groups excluding carboxylic acids is 2. The Morgan fingerprint density at radius 2 is 1.21 bits per heavy atom. The van der Waals surface area contributed by atoms with E-state index >= 15 is 0 Å². The van der Waals surface area contributed by atoms with Crippen LogP contribution in [0.5, 0.6) is 0 Å². The molecule has 132 valence electrons. The van der Waals surface area contributed by atoms with Crippen molar-refractivity contribution in [1.29, 1.82) is 0 Å². The quantitative estimate of drug-likeness (QED) is 0.714. The minimum Gasteiger partial charge on any atom is -0.857 e. The first-order valence-corrected chi connectivity index (χ1v) is 10.8. The maximum absolute atomic E-state index is 11.5. The van der Waals surface area contributed by atoms with Gasteiger partial charge < -0.3 is 5.11 Å². The van der Waals surface area contributed by atoms with Crippen molar-refractivity contribution in [3.05, 3.63) is 22.3 Å². The van der Waals surface area contributed by atoms with Crippen molar-refractivity contribution in [3.63, 3.8) is 0 Å². The first kappa shape index (κ1) is 19.4. The number of hydrogen-bond donors (Lipinski definition) is 0. The molecule has 0 saturated heterocycles. The molecule has 0 fully saturated rings. The summed E-state index contributed by atoms with van der Waals surface area (Å²) in [5.74, 6) is -0.641. The third-order valence-corrected chi connectivity index (χ3v) is 8.16. The van der Waals surface area contributed by atoms with E-state index < -0.39 is 18.6 Å². The Labute approximate surface area is 150 Å². The van der Waals surface area contributed by atoms with Crippen molar-refractivity contribution in [3.8, 4) is 0 Å². The van der Waals surface area contributed by atoms with Crippen LogP contribution < -0.4 is 5.11 Å². The molecule has 0 atom stereocenters. The standard InChI is InChI=1S/C13H17.2C2H4O2.CH3O.Ti/c1-3-7-12-10(5-1)9-11-6-2-4-8-13(11)12;2*1-2(3)4;1-2;/h9H,1-8H2;2*1H3,(H,3,4);1H3;/q;;;-1;+3/p-2. The van der Waals surface area contributed by atoms with Crippen LogP contribution >= 0.6 is 0 Å². The average molecular weight is 370 g/mol. The molecule has 0 aromatic rings. The predicted octanol–water partition coefficient (Wildman–Crippen LogP) is 3.08.